The van der Waals surface area contributed by atoms with E-state index in [1.54, 1.807) is 0 Å². The lowest BCUT2D eigenvalue weighted by molar-refractivity contribution is -0.167. The van der Waals surface area contributed by atoms with E-state index in [-0.39, 0.29) is 31.1 Å². The first-order valence-electron chi connectivity index (χ1n) is 32.3. The zero-order valence-electron chi connectivity index (χ0n) is 48.9. The van der Waals surface area contributed by atoms with Crippen molar-refractivity contribution in [3.63, 3.8) is 0 Å². The lowest BCUT2D eigenvalue weighted by Crippen LogP contribution is -2.30. The van der Waals surface area contributed by atoms with Crippen LogP contribution in [0.3, 0.4) is 0 Å². The fourth-order valence-electron chi connectivity index (χ4n) is 10.1. The molecule has 0 N–H and O–H groups in total. The lowest BCUT2D eigenvalue weighted by atomic mass is 9.99. The van der Waals surface area contributed by atoms with Crippen LogP contribution in [-0.2, 0) is 28.6 Å². The average Bonchev–Trinajstić information content (AvgIpc) is 3.36. The molecule has 0 saturated carbocycles. The number of carbonyl (C=O) groups excluding carboxylic acids is 3. The summed E-state index contributed by atoms with van der Waals surface area (Å²) < 4.78 is 17.0. The Balaban J connectivity index is 4.29. The van der Waals surface area contributed by atoms with Crippen LogP contribution in [0.4, 0.5) is 0 Å². The van der Waals surface area contributed by atoms with Crippen molar-refractivity contribution in [1.29, 1.82) is 0 Å². The summed E-state index contributed by atoms with van der Waals surface area (Å²) in [5, 5.41) is 0. The maximum absolute atomic E-state index is 12.9. The van der Waals surface area contributed by atoms with Crippen LogP contribution in [0, 0.1) is 11.8 Å². The summed E-state index contributed by atoms with van der Waals surface area (Å²) in [6.07, 6.45) is 63.8. The van der Waals surface area contributed by atoms with Crippen molar-refractivity contribution in [2.24, 2.45) is 11.8 Å². The quantitative estimate of drug-likeness (QED) is 0.0343. The number of unbranched alkanes of at least 4 members (excludes halogenated alkanes) is 43. The van der Waals surface area contributed by atoms with E-state index < -0.39 is 6.10 Å². The van der Waals surface area contributed by atoms with Crippen LogP contribution >= 0.6 is 0 Å². The molecule has 6 nitrogen and oxygen atoms in total. The fraction of sp³-hybridized carbons (Fsp3) is 0.954. The molecule has 0 rings (SSSR count). The van der Waals surface area contributed by atoms with E-state index in [0.717, 1.165) is 69.6 Å². The van der Waals surface area contributed by atoms with Crippen LogP contribution in [0.5, 0.6) is 0 Å². The van der Waals surface area contributed by atoms with Crippen molar-refractivity contribution in [3.05, 3.63) is 0 Å². The topological polar surface area (TPSA) is 78.9 Å². The molecule has 0 spiro atoms. The molecule has 0 aromatic rings. The first-order chi connectivity index (χ1) is 34.8. The van der Waals surface area contributed by atoms with Crippen molar-refractivity contribution in [2.45, 2.75) is 375 Å². The van der Waals surface area contributed by atoms with Gasteiger partial charge in [0.15, 0.2) is 6.10 Å². The number of ether oxygens (including phenoxy) is 3. The summed E-state index contributed by atoms with van der Waals surface area (Å²) in [6, 6.07) is 0. The zero-order valence-corrected chi connectivity index (χ0v) is 48.9. The highest BCUT2D eigenvalue weighted by atomic mass is 16.6. The Kier molecular flexibility index (Phi) is 56.4. The highest BCUT2D eigenvalue weighted by Crippen LogP contribution is 2.19. The Labute approximate surface area is 444 Å². The third-order valence-corrected chi connectivity index (χ3v) is 15.3. The van der Waals surface area contributed by atoms with Crippen molar-refractivity contribution < 1.29 is 28.6 Å². The van der Waals surface area contributed by atoms with Crippen LogP contribution in [0.25, 0.3) is 0 Å². The van der Waals surface area contributed by atoms with Crippen LogP contribution in [0.2, 0.25) is 0 Å². The molecule has 71 heavy (non-hydrogen) atoms. The predicted octanol–water partition coefficient (Wildman–Crippen LogP) is 21.6. The summed E-state index contributed by atoms with van der Waals surface area (Å²) in [6.45, 7) is 11.5. The maximum atomic E-state index is 12.9. The molecule has 6 heteroatoms. The fourth-order valence-corrected chi connectivity index (χ4v) is 10.1. The van der Waals surface area contributed by atoms with Gasteiger partial charge in [0.05, 0.1) is 0 Å². The number of hydrogen-bond acceptors (Lipinski definition) is 6. The van der Waals surface area contributed by atoms with Gasteiger partial charge >= 0.3 is 17.9 Å². The summed E-state index contributed by atoms with van der Waals surface area (Å²) in [5.74, 6) is 0.918. The minimum atomic E-state index is -0.764. The third kappa shape index (κ3) is 57.5. The largest absolute Gasteiger partial charge is 0.462 e. The Morgan fingerprint density at radius 3 is 0.803 bits per heavy atom. The van der Waals surface area contributed by atoms with E-state index in [9.17, 15) is 14.4 Å². The minimum Gasteiger partial charge on any atom is -0.462 e. The van der Waals surface area contributed by atoms with Crippen molar-refractivity contribution in [3.8, 4) is 0 Å². The van der Waals surface area contributed by atoms with Gasteiger partial charge in [0.1, 0.15) is 13.2 Å². The molecule has 1 unspecified atom stereocenters. The van der Waals surface area contributed by atoms with Gasteiger partial charge in [0.2, 0.25) is 0 Å². The van der Waals surface area contributed by atoms with Crippen molar-refractivity contribution >= 4 is 17.9 Å². The number of carbonyl (C=O) groups is 3. The Hall–Kier alpha value is -1.59. The Bertz CT molecular complexity index is 1090. The van der Waals surface area contributed by atoms with Gasteiger partial charge in [-0.3, -0.25) is 14.4 Å². The van der Waals surface area contributed by atoms with E-state index in [1.165, 1.54) is 257 Å². The minimum absolute atomic E-state index is 0.0617. The van der Waals surface area contributed by atoms with Crippen LogP contribution < -0.4 is 0 Å². The summed E-state index contributed by atoms with van der Waals surface area (Å²) in [4.78, 5) is 38.3. The number of rotatable bonds is 59. The Morgan fingerprint density at radius 2 is 0.535 bits per heavy atom. The second kappa shape index (κ2) is 57.7. The van der Waals surface area contributed by atoms with Gasteiger partial charge in [-0.1, -0.05) is 330 Å². The normalized spacial score (nSPS) is 12.4. The molecule has 422 valence electrons. The van der Waals surface area contributed by atoms with Gasteiger partial charge in [-0.15, -0.1) is 0 Å². The smallest absolute Gasteiger partial charge is 0.306 e. The molecule has 0 heterocycles. The maximum Gasteiger partial charge on any atom is 0.306 e. The predicted molar refractivity (Wildman–Crippen MR) is 307 cm³/mol. The van der Waals surface area contributed by atoms with E-state index in [4.69, 9.17) is 14.2 Å². The second-order valence-corrected chi connectivity index (χ2v) is 23.1. The van der Waals surface area contributed by atoms with Crippen LogP contribution in [0.15, 0.2) is 0 Å². The van der Waals surface area contributed by atoms with Gasteiger partial charge < -0.3 is 14.2 Å². The van der Waals surface area contributed by atoms with Gasteiger partial charge in [-0.2, -0.15) is 0 Å². The van der Waals surface area contributed by atoms with E-state index in [1.807, 2.05) is 0 Å². The Morgan fingerprint density at radius 1 is 0.296 bits per heavy atom. The average molecular weight is 1000 g/mol. The van der Waals surface area contributed by atoms with Gasteiger partial charge in [0, 0.05) is 19.3 Å². The van der Waals surface area contributed by atoms with Gasteiger partial charge in [-0.05, 0) is 31.1 Å². The van der Waals surface area contributed by atoms with Gasteiger partial charge in [-0.25, -0.2) is 0 Å². The molecule has 2 atom stereocenters. The summed E-state index contributed by atoms with van der Waals surface area (Å²) in [5.41, 5.74) is 0. The van der Waals surface area contributed by atoms with Crippen molar-refractivity contribution in [2.75, 3.05) is 13.2 Å². The zero-order chi connectivity index (χ0) is 51.8. The molecule has 0 aliphatic heterocycles. The molecule has 0 aliphatic carbocycles. The van der Waals surface area contributed by atoms with Crippen LogP contribution in [-0.4, -0.2) is 37.2 Å². The van der Waals surface area contributed by atoms with Gasteiger partial charge in [0.25, 0.3) is 0 Å². The summed E-state index contributed by atoms with van der Waals surface area (Å²) in [7, 11) is 0. The first kappa shape index (κ1) is 69.4. The number of esters is 3. The first-order valence-corrected chi connectivity index (χ1v) is 32.3. The number of hydrogen-bond donors (Lipinski definition) is 0. The molecule has 0 fully saturated rings. The molecule has 0 aromatic carbocycles. The molecule has 0 saturated heterocycles. The second-order valence-electron chi connectivity index (χ2n) is 23.1. The highest BCUT2D eigenvalue weighted by Gasteiger charge is 2.19. The molecule has 0 bridgehead atoms. The summed E-state index contributed by atoms with van der Waals surface area (Å²) >= 11 is 0. The molecular formula is C65H126O6. The molecule has 0 aliphatic rings. The standard InChI is InChI=1S/C65H126O6/c1-6-8-9-10-11-12-13-14-15-19-25-30-35-40-45-50-55-63(66)69-58-62(59-70-64(67)56-51-46-41-36-31-26-22-21-24-29-34-39-44-49-54-61(5)7-2)71-65(68)57-52-47-42-37-32-27-20-17-16-18-23-28-33-38-43-48-53-60(3)4/h60-62H,6-59H2,1-5H3/t61?,62-/m0/s1. The lowest BCUT2D eigenvalue weighted by Gasteiger charge is -2.18. The molecule has 0 amide bonds. The van der Waals surface area contributed by atoms with Crippen molar-refractivity contribution in [1.82, 2.24) is 0 Å². The van der Waals surface area contributed by atoms with Crippen LogP contribution in [0.1, 0.15) is 369 Å². The highest BCUT2D eigenvalue weighted by molar-refractivity contribution is 5.71. The third-order valence-electron chi connectivity index (χ3n) is 15.3. The van der Waals surface area contributed by atoms with E-state index in [2.05, 4.69) is 34.6 Å². The molecular weight excluding hydrogens is 877 g/mol. The molecule has 0 aromatic heterocycles. The van der Waals surface area contributed by atoms with E-state index >= 15 is 0 Å². The van der Waals surface area contributed by atoms with E-state index in [0.29, 0.717) is 19.3 Å². The monoisotopic (exact) mass is 1000 g/mol. The SMILES string of the molecule is CCCCCCCCCCCCCCCCCCC(=O)OC[C@@H](COC(=O)CCCCCCCCCCCCCCCCC(C)CC)OC(=O)CCCCCCCCCCCCCCCCCCC(C)C. The molecule has 0 radical (unpaired) electrons.